The fourth-order valence-electron chi connectivity index (χ4n) is 6.13. The summed E-state index contributed by atoms with van der Waals surface area (Å²) in [6, 6.07) is 35.7. The van der Waals surface area contributed by atoms with Gasteiger partial charge in [-0.05, 0) is 0 Å². The summed E-state index contributed by atoms with van der Waals surface area (Å²) < 4.78 is 0.581. The van der Waals surface area contributed by atoms with Gasteiger partial charge in [0, 0.05) is 0 Å². The zero-order valence-corrected chi connectivity index (χ0v) is 23.2. The van der Waals surface area contributed by atoms with Crippen LogP contribution >= 0.6 is 34.1 Å². The molecule has 0 saturated heterocycles. The second kappa shape index (κ2) is 8.17. The predicted molar refractivity (Wildman–Crippen MR) is 142 cm³/mol. The van der Waals surface area contributed by atoms with Crippen LogP contribution in [-0.2, 0) is 13.0 Å². The molecule has 0 N–H and O–H groups in total. The number of hydrogen-bond donors (Lipinski definition) is 0. The van der Waals surface area contributed by atoms with Crippen molar-refractivity contribution in [1.82, 2.24) is 0 Å². The van der Waals surface area contributed by atoms with E-state index < -0.39 is 13.0 Å². The van der Waals surface area contributed by atoms with Crippen molar-refractivity contribution in [3.8, 4) is 22.3 Å². The minimum absolute atomic E-state index is 0. The van der Waals surface area contributed by atoms with Crippen LogP contribution in [0.3, 0.4) is 0 Å². The van der Waals surface area contributed by atoms with E-state index in [1.807, 2.05) is 0 Å². The first-order chi connectivity index (χ1) is 14.5. The van der Waals surface area contributed by atoms with Crippen LogP contribution in [0.1, 0.15) is 30.7 Å². The van der Waals surface area contributed by atoms with E-state index >= 15 is 0 Å². The molecule has 4 aromatic carbocycles. The van der Waals surface area contributed by atoms with Crippen molar-refractivity contribution in [2.45, 2.75) is 13.7 Å². The number of fused-ring (bicyclic) bond motifs is 6. The van der Waals surface area contributed by atoms with E-state index in [9.17, 15) is 0 Å². The van der Waals surface area contributed by atoms with E-state index in [-0.39, 0.29) is 24.8 Å². The molecule has 0 aliphatic heterocycles. The Balaban J connectivity index is 0.00000122. The zero-order valence-electron chi connectivity index (χ0n) is 17.8. The van der Waals surface area contributed by atoms with Gasteiger partial charge in [0.2, 0.25) is 0 Å². The Hall–Kier alpha value is -1.32. The molecule has 2 aliphatic rings. The summed E-state index contributed by atoms with van der Waals surface area (Å²) in [5.41, 5.74) is 11.1. The molecular formula is C27H25Cl3SiTi. The SMILES string of the molecule is Cl.Cl.[CH3][Ti](=[SiH2])([Cl])([CH]1c2ccccc2-c2ccccc21)[CH]1c2ccccc2-c2ccccc21. The Morgan fingerprint density at radius 3 is 1.00 bits per heavy atom. The van der Waals surface area contributed by atoms with Crippen molar-refractivity contribution in [2.24, 2.45) is 0 Å². The van der Waals surface area contributed by atoms with Gasteiger partial charge in [-0.2, -0.15) is 0 Å². The van der Waals surface area contributed by atoms with Gasteiger partial charge in [-0.25, -0.2) is 0 Å². The van der Waals surface area contributed by atoms with E-state index in [0.717, 1.165) is 0 Å². The van der Waals surface area contributed by atoms with Gasteiger partial charge in [0.15, 0.2) is 0 Å². The molecule has 0 saturated carbocycles. The molecule has 0 fully saturated rings. The Morgan fingerprint density at radius 2 is 0.750 bits per heavy atom. The third-order valence-corrected chi connectivity index (χ3v) is 19.1. The van der Waals surface area contributed by atoms with Crippen LogP contribution in [0.25, 0.3) is 22.3 Å². The molecule has 0 spiro atoms. The van der Waals surface area contributed by atoms with Gasteiger partial charge in [-0.3, -0.25) is 0 Å². The summed E-state index contributed by atoms with van der Waals surface area (Å²) in [6.45, 7) is 0. The van der Waals surface area contributed by atoms with Crippen LogP contribution in [0, 0.1) is 0 Å². The summed E-state index contributed by atoms with van der Waals surface area (Å²) in [5, 5.41) is 2.46. The summed E-state index contributed by atoms with van der Waals surface area (Å²) in [5.74, 6) is 0. The van der Waals surface area contributed by atoms with Crippen LogP contribution in [0.2, 0.25) is 5.23 Å². The van der Waals surface area contributed by atoms with Gasteiger partial charge in [0.1, 0.15) is 0 Å². The van der Waals surface area contributed by atoms with Crippen LogP contribution in [0.4, 0.5) is 0 Å². The molecule has 0 heterocycles. The van der Waals surface area contributed by atoms with Gasteiger partial charge in [-0.1, -0.05) is 0 Å². The van der Waals surface area contributed by atoms with Gasteiger partial charge in [0.25, 0.3) is 0 Å². The average molecular weight is 532 g/mol. The first-order valence-corrected chi connectivity index (χ1v) is 20.1. The van der Waals surface area contributed by atoms with E-state index in [1.54, 1.807) is 0 Å². The van der Waals surface area contributed by atoms with Crippen molar-refractivity contribution >= 4 is 41.8 Å². The molecule has 0 atom stereocenters. The number of rotatable bonds is 2. The van der Waals surface area contributed by atoms with E-state index in [0.29, 0.717) is 8.45 Å². The molecule has 0 unspecified atom stereocenters. The summed E-state index contributed by atoms with van der Waals surface area (Å²) in [7, 11) is 10.3. The molecule has 5 heteroatoms. The quantitative estimate of drug-likeness (QED) is 0.231. The molecule has 6 rings (SSSR count). The molecule has 0 aromatic heterocycles. The van der Waals surface area contributed by atoms with Gasteiger partial charge < -0.3 is 0 Å². The van der Waals surface area contributed by atoms with Gasteiger partial charge in [0.05, 0.1) is 0 Å². The molecule has 32 heavy (non-hydrogen) atoms. The van der Waals surface area contributed by atoms with Crippen molar-refractivity contribution < 1.29 is 13.0 Å². The third kappa shape index (κ3) is 3.21. The first kappa shape index (κ1) is 23.8. The van der Waals surface area contributed by atoms with Crippen LogP contribution in [-0.4, -0.2) is 7.63 Å². The fraction of sp³-hybridized carbons (Fsp3) is 0.111. The Bertz CT molecular complexity index is 1210. The number of halogens is 3. The third-order valence-electron chi connectivity index (χ3n) is 7.20. The topological polar surface area (TPSA) is 0 Å². The van der Waals surface area contributed by atoms with Crippen molar-refractivity contribution in [2.75, 3.05) is 0 Å². The molecule has 0 bridgehead atoms. The Kier molecular flexibility index (Phi) is 6.08. The zero-order chi connectivity index (χ0) is 20.5. The van der Waals surface area contributed by atoms with Gasteiger partial charge in [-0.15, -0.1) is 24.8 Å². The fourth-order valence-corrected chi connectivity index (χ4v) is 19.0. The van der Waals surface area contributed by atoms with Crippen LogP contribution in [0.15, 0.2) is 97.1 Å². The standard InChI is InChI=1S/2C13H9.CH3.3ClH.H2Si.Ti/c2*1-3-7-12-10(5-1)9-11-6-2-4-8-13(11)12;;;;;;/h2*1-9H;1H3;3*1H;1H2;/q;;;;;;;+1/p-1. The first-order valence-electron chi connectivity index (χ1n) is 10.6. The average Bonchev–Trinajstić information content (AvgIpc) is 3.28. The molecule has 0 radical (unpaired) electrons. The molecular weight excluding hydrogens is 507 g/mol. The Labute approximate surface area is 208 Å². The Morgan fingerprint density at radius 1 is 0.531 bits per heavy atom. The predicted octanol–water partition coefficient (Wildman–Crippen LogP) is 7.81. The van der Waals surface area contributed by atoms with E-state index in [2.05, 4.69) is 110 Å². The molecule has 2 aliphatic carbocycles. The second-order valence-corrected chi connectivity index (χ2v) is 31.5. The van der Waals surface area contributed by atoms with Gasteiger partial charge >= 0.3 is 185 Å². The molecule has 4 aromatic rings. The van der Waals surface area contributed by atoms with E-state index in [4.69, 9.17) is 9.30 Å². The second-order valence-electron chi connectivity index (χ2n) is 9.26. The van der Waals surface area contributed by atoms with Crippen molar-refractivity contribution in [3.05, 3.63) is 119 Å². The van der Waals surface area contributed by atoms with E-state index in [1.165, 1.54) is 44.5 Å². The van der Waals surface area contributed by atoms with Crippen LogP contribution in [0.5, 0.6) is 0 Å². The summed E-state index contributed by atoms with van der Waals surface area (Å²) in [6.07, 6.45) is 0. The van der Waals surface area contributed by atoms with Crippen LogP contribution < -0.4 is 0 Å². The number of benzene rings is 4. The van der Waals surface area contributed by atoms with Crippen molar-refractivity contribution in [1.29, 1.82) is 0 Å². The summed E-state index contributed by atoms with van der Waals surface area (Å²) >= 11 is -3.74. The molecule has 0 amide bonds. The minimum atomic E-state index is -3.74. The molecule has 162 valence electrons. The maximum absolute atomic E-state index is 8.12. The maximum atomic E-state index is 8.12. The summed E-state index contributed by atoms with van der Waals surface area (Å²) in [4.78, 5) is 0. The monoisotopic (exact) mass is 530 g/mol. The number of hydrogen-bond acceptors (Lipinski definition) is 0. The normalized spacial score (nSPS) is 14.5. The van der Waals surface area contributed by atoms with Crippen molar-refractivity contribution in [3.63, 3.8) is 0 Å². The molecule has 0 nitrogen and oxygen atoms in total.